The lowest BCUT2D eigenvalue weighted by Crippen LogP contribution is -2.08. The zero-order valence-corrected chi connectivity index (χ0v) is 9.43. The molecule has 1 heterocycles. The molecule has 1 aromatic carbocycles. The van der Waals surface area contributed by atoms with E-state index in [0.717, 1.165) is 0 Å². The number of aromatic nitrogens is 3. The van der Waals surface area contributed by atoms with Gasteiger partial charge in [0.2, 0.25) is 0 Å². The summed E-state index contributed by atoms with van der Waals surface area (Å²) in [5, 5.41) is 3.90. The monoisotopic (exact) mass is 236 g/mol. The van der Waals surface area contributed by atoms with Gasteiger partial charge in [0.1, 0.15) is 12.9 Å². The zero-order chi connectivity index (χ0) is 12.3. The van der Waals surface area contributed by atoms with Crippen LogP contribution in [0.25, 0.3) is 0 Å². The van der Waals surface area contributed by atoms with E-state index in [9.17, 15) is 4.39 Å². The van der Waals surface area contributed by atoms with E-state index < -0.39 is 5.82 Å². The largest absolute Gasteiger partial charge is 0.482 e. The normalized spacial score (nSPS) is 10.5. The lowest BCUT2D eigenvalue weighted by Gasteiger charge is -2.10. The Bertz CT molecular complexity index is 512. The molecule has 2 N–H and O–H groups in total. The number of nitrogens with zero attached hydrogens (tertiary/aromatic N) is 3. The fourth-order valence-electron chi connectivity index (χ4n) is 1.46. The van der Waals surface area contributed by atoms with Crippen molar-refractivity contribution in [3.05, 3.63) is 41.7 Å². The number of para-hydroxylation sites is 1. The highest BCUT2D eigenvalue weighted by Crippen LogP contribution is 2.22. The van der Waals surface area contributed by atoms with Crippen LogP contribution in [0.15, 0.2) is 24.5 Å². The van der Waals surface area contributed by atoms with E-state index in [-0.39, 0.29) is 18.9 Å². The Balaban J connectivity index is 2.16. The van der Waals surface area contributed by atoms with Crippen LogP contribution in [-0.2, 0) is 20.2 Å². The van der Waals surface area contributed by atoms with Crippen LogP contribution in [0.4, 0.5) is 4.39 Å². The van der Waals surface area contributed by atoms with E-state index in [1.807, 2.05) is 0 Å². The maximum absolute atomic E-state index is 13.5. The molecule has 0 radical (unpaired) electrons. The molecule has 2 aromatic rings. The average Bonchev–Trinajstić information content (AvgIpc) is 2.73. The number of rotatable bonds is 4. The van der Waals surface area contributed by atoms with Gasteiger partial charge < -0.3 is 10.5 Å². The van der Waals surface area contributed by atoms with E-state index >= 15 is 0 Å². The molecule has 17 heavy (non-hydrogen) atoms. The van der Waals surface area contributed by atoms with Crippen molar-refractivity contribution in [1.29, 1.82) is 0 Å². The van der Waals surface area contributed by atoms with Gasteiger partial charge in [-0.2, -0.15) is 5.10 Å². The predicted molar refractivity (Wildman–Crippen MR) is 59.6 cm³/mol. The SMILES string of the molecule is Cn1ncnc1COc1c(F)cccc1CN. The summed E-state index contributed by atoms with van der Waals surface area (Å²) in [7, 11) is 1.75. The minimum absolute atomic E-state index is 0.157. The number of ether oxygens (including phenoxy) is 1. The van der Waals surface area contributed by atoms with E-state index in [4.69, 9.17) is 10.5 Å². The molecule has 0 saturated carbocycles. The lowest BCUT2D eigenvalue weighted by molar-refractivity contribution is 0.272. The molecular weight excluding hydrogens is 223 g/mol. The standard InChI is InChI=1S/C11H13FN4O/c1-16-10(14-7-15-16)6-17-11-8(5-13)3-2-4-9(11)12/h2-4,7H,5-6,13H2,1H3. The minimum atomic E-state index is -0.421. The van der Waals surface area contributed by atoms with Gasteiger partial charge in [-0.1, -0.05) is 12.1 Å². The summed E-state index contributed by atoms with van der Waals surface area (Å²) in [5.41, 5.74) is 6.15. The van der Waals surface area contributed by atoms with Crippen molar-refractivity contribution in [2.45, 2.75) is 13.2 Å². The molecule has 6 heteroatoms. The topological polar surface area (TPSA) is 66.0 Å². The Morgan fingerprint density at radius 2 is 2.29 bits per heavy atom. The molecule has 0 amide bonds. The molecule has 0 aliphatic carbocycles. The summed E-state index contributed by atoms with van der Waals surface area (Å²) in [6, 6.07) is 4.67. The van der Waals surface area contributed by atoms with Crippen LogP contribution in [0.3, 0.4) is 0 Å². The first-order chi connectivity index (χ1) is 8.22. The summed E-state index contributed by atoms with van der Waals surface area (Å²) in [5.74, 6) is 0.379. The van der Waals surface area contributed by atoms with Gasteiger partial charge in [0, 0.05) is 19.2 Å². The first-order valence-electron chi connectivity index (χ1n) is 5.15. The van der Waals surface area contributed by atoms with Crippen LogP contribution >= 0.6 is 0 Å². The molecule has 0 aliphatic heterocycles. The third-order valence-corrected chi connectivity index (χ3v) is 2.42. The summed E-state index contributed by atoms with van der Waals surface area (Å²) in [6.45, 7) is 0.385. The molecule has 0 aliphatic rings. The Morgan fingerprint density at radius 3 is 2.94 bits per heavy atom. The second-order valence-corrected chi connectivity index (χ2v) is 3.52. The van der Waals surface area contributed by atoms with Crippen molar-refractivity contribution < 1.29 is 9.13 Å². The molecule has 90 valence electrons. The zero-order valence-electron chi connectivity index (χ0n) is 9.43. The molecule has 0 saturated heterocycles. The molecule has 0 bridgehead atoms. The molecule has 0 spiro atoms. The summed E-state index contributed by atoms with van der Waals surface area (Å²) in [6.07, 6.45) is 1.42. The van der Waals surface area contributed by atoms with Crippen LogP contribution < -0.4 is 10.5 Å². The highest BCUT2D eigenvalue weighted by atomic mass is 19.1. The van der Waals surface area contributed by atoms with Gasteiger partial charge in [-0.15, -0.1) is 0 Å². The van der Waals surface area contributed by atoms with Crippen LogP contribution in [0.2, 0.25) is 0 Å². The molecular formula is C11H13FN4O. The van der Waals surface area contributed by atoms with Crippen molar-refractivity contribution >= 4 is 0 Å². The van der Waals surface area contributed by atoms with Crippen LogP contribution in [-0.4, -0.2) is 14.8 Å². The Hall–Kier alpha value is -1.95. The van der Waals surface area contributed by atoms with Crippen LogP contribution in [0, 0.1) is 5.82 Å². The van der Waals surface area contributed by atoms with Crippen LogP contribution in [0.1, 0.15) is 11.4 Å². The van der Waals surface area contributed by atoms with E-state index in [0.29, 0.717) is 11.4 Å². The minimum Gasteiger partial charge on any atom is -0.482 e. The third kappa shape index (κ3) is 2.42. The number of nitrogens with two attached hydrogens (primary N) is 1. The van der Waals surface area contributed by atoms with E-state index in [1.54, 1.807) is 23.9 Å². The number of benzene rings is 1. The van der Waals surface area contributed by atoms with Gasteiger partial charge in [0.15, 0.2) is 17.4 Å². The van der Waals surface area contributed by atoms with Gasteiger partial charge in [0.05, 0.1) is 0 Å². The van der Waals surface area contributed by atoms with Crippen LogP contribution in [0.5, 0.6) is 5.75 Å². The van der Waals surface area contributed by atoms with Gasteiger partial charge in [0.25, 0.3) is 0 Å². The number of halogens is 1. The molecule has 0 atom stereocenters. The fourth-order valence-corrected chi connectivity index (χ4v) is 1.46. The van der Waals surface area contributed by atoms with E-state index in [2.05, 4.69) is 10.1 Å². The second kappa shape index (κ2) is 4.92. The van der Waals surface area contributed by atoms with Gasteiger partial charge in [-0.3, -0.25) is 4.68 Å². The number of hydrogen-bond donors (Lipinski definition) is 1. The van der Waals surface area contributed by atoms with Gasteiger partial charge in [-0.25, -0.2) is 9.37 Å². The Labute approximate surface area is 98.0 Å². The average molecular weight is 236 g/mol. The van der Waals surface area contributed by atoms with Crippen molar-refractivity contribution in [1.82, 2.24) is 14.8 Å². The second-order valence-electron chi connectivity index (χ2n) is 3.52. The van der Waals surface area contributed by atoms with E-state index in [1.165, 1.54) is 12.4 Å². The maximum Gasteiger partial charge on any atom is 0.165 e. The molecule has 1 aromatic heterocycles. The third-order valence-electron chi connectivity index (χ3n) is 2.42. The summed E-state index contributed by atoms with van der Waals surface area (Å²) < 4.78 is 20.5. The summed E-state index contributed by atoms with van der Waals surface area (Å²) >= 11 is 0. The Morgan fingerprint density at radius 1 is 1.47 bits per heavy atom. The number of hydrogen-bond acceptors (Lipinski definition) is 4. The first kappa shape index (κ1) is 11.5. The first-order valence-corrected chi connectivity index (χ1v) is 5.15. The maximum atomic E-state index is 13.5. The number of aryl methyl sites for hydroxylation is 1. The van der Waals surface area contributed by atoms with Crippen molar-refractivity contribution in [2.75, 3.05) is 0 Å². The van der Waals surface area contributed by atoms with Gasteiger partial charge >= 0.3 is 0 Å². The molecule has 0 unspecified atom stereocenters. The molecule has 2 rings (SSSR count). The smallest absolute Gasteiger partial charge is 0.165 e. The predicted octanol–water partition coefficient (Wildman–Crippen LogP) is 0.992. The van der Waals surface area contributed by atoms with Crippen molar-refractivity contribution in [2.24, 2.45) is 12.8 Å². The lowest BCUT2D eigenvalue weighted by atomic mass is 10.2. The van der Waals surface area contributed by atoms with Gasteiger partial charge in [-0.05, 0) is 6.07 Å². The highest BCUT2D eigenvalue weighted by molar-refractivity contribution is 5.34. The molecule has 5 nitrogen and oxygen atoms in total. The molecule has 0 fully saturated rings. The summed E-state index contributed by atoms with van der Waals surface area (Å²) in [4.78, 5) is 3.99. The highest BCUT2D eigenvalue weighted by Gasteiger charge is 2.10. The fraction of sp³-hybridized carbons (Fsp3) is 0.273. The van der Waals surface area contributed by atoms with Crippen molar-refractivity contribution in [3.63, 3.8) is 0 Å². The van der Waals surface area contributed by atoms with Crippen molar-refractivity contribution in [3.8, 4) is 5.75 Å². The Kier molecular flexibility index (Phi) is 3.34. The quantitative estimate of drug-likeness (QED) is 0.859.